The molecule has 1 aliphatic carbocycles. The van der Waals surface area contributed by atoms with E-state index in [0.29, 0.717) is 43.4 Å². The van der Waals surface area contributed by atoms with Gasteiger partial charge in [-0.2, -0.15) is 4.31 Å². The molecule has 2 saturated heterocycles. The number of hydrogen-bond donors (Lipinski definition) is 0. The van der Waals surface area contributed by atoms with Crippen molar-refractivity contribution in [1.29, 1.82) is 0 Å². The van der Waals surface area contributed by atoms with Crippen molar-refractivity contribution in [3.05, 3.63) is 29.8 Å². The fourth-order valence-electron chi connectivity index (χ4n) is 4.99. The highest BCUT2D eigenvalue weighted by Gasteiger charge is 2.30. The molecule has 1 amide bonds. The second kappa shape index (κ2) is 9.79. The van der Waals surface area contributed by atoms with E-state index in [2.05, 4.69) is 0 Å². The van der Waals surface area contributed by atoms with Crippen LogP contribution in [0.4, 0.5) is 0 Å². The summed E-state index contributed by atoms with van der Waals surface area (Å²) in [5, 5.41) is 0. The molecule has 2 heterocycles. The summed E-state index contributed by atoms with van der Waals surface area (Å²) in [5.41, 5.74) is 1.26. The topological polar surface area (TPSA) is 66.9 Å². The molecule has 3 fully saturated rings. The molecule has 7 heteroatoms. The van der Waals surface area contributed by atoms with E-state index in [1.54, 1.807) is 17.0 Å². The van der Waals surface area contributed by atoms with Crippen molar-refractivity contribution in [3.63, 3.8) is 0 Å². The number of rotatable bonds is 6. The Morgan fingerprint density at radius 2 is 1.63 bits per heavy atom. The first-order valence-electron chi connectivity index (χ1n) is 11.5. The molecular formula is C23H34N2O4S. The van der Waals surface area contributed by atoms with Crippen LogP contribution in [0.5, 0.6) is 0 Å². The standard InChI is InChI=1S/C23H34N2O4S/c26-23(13-10-21-7-4-18-29-21)24-14-16-25(17-15-24)30(27,28)22-11-8-20(9-12-22)19-5-2-1-3-6-19/h8-9,11-12,19,21H,1-7,10,13-18H2. The zero-order chi connectivity index (χ0) is 21.0. The fraction of sp³-hybridized carbons (Fsp3) is 0.696. The molecule has 1 aromatic carbocycles. The maximum atomic E-state index is 13.1. The van der Waals surface area contributed by atoms with Crippen molar-refractivity contribution in [2.75, 3.05) is 32.8 Å². The van der Waals surface area contributed by atoms with E-state index >= 15 is 0 Å². The number of amides is 1. The zero-order valence-corrected chi connectivity index (χ0v) is 18.6. The molecule has 0 spiro atoms. The molecule has 2 aliphatic heterocycles. The third kappa shape index (κ3) is 5.06. The molecule has 3 aliphatic rings. The Hall–Kier alpha value is -1.44. The minimum absolute atomic E-state index is 0.111. The van der Waals surface area contributed by atoms with E-state index in [0.717, 1.165) is 25.9 Å². The SMILES string of the molecule is O=C(CCC1CCCO1)N1CCN(S(=O)(=O)c2ccc(C3CCCCC3)cc2)CC1. The Kier molecular flexibility index (Phi) is 7.11. The summed E-state index contributed by atoms with van der Waals surface area (Å²) >= 11 is 0. The van der Waals surface area contributed by atoms with Gasteiger partial charge in [0.05, 0.1) is 11.0 Å². The van der Waals surface area contributed by atoms with Crippen LogP contribution in [-0.4, -0.2) is 62.4 Å². The second-order valence-electron chi connectivity index (χ2n) is 8.86. The molecule has 0 aromatic heterocycles. The minimum atomic E-state index is -3.51. The van der Waals surface area contributed by atoms with Crippen LogP contribution < -0.4 is 0 Å². The largest absolute Gasteiger partial charge is 0.378 e. The van der Waals surface area contributed by atoms with Crippen molar-refractivity contribution >= 4 is 15.9 Å². The quantitative estimate of drug-likeness (QED) is 0.687. The Balaban J connectivity index is 1.30. The normalized spacial score (nSPS) is 24.3. The van der Waals surface area contributed by atoms with Crippen LogP contribution in [0, 0.1) is 0 Å². The van der Waals surface area contributed by atoms with Crippen LogP contribution in [0.2, 0.25) is 0 Å². The van der Waals surface area contributed by atoms with Gasteiger partial charge in [-0.1, -0.05) is 31.4 Å². The van der Waals surface area contributed by atoms with Crippen LogP contribution in [0.15, 0.2) is 29.2 Å². The maximum absolute atomic E-state index is 13.1. The average molecular weight is 435 g/mol. The van der Waals surface area contributed by atoms with E-state index < -0.39 is 10.0 Å². The van der Waals surface area contributed by atoms with Gasteiger partial charge in [-0.25, -0.2) is 8.42 Å². The number of carbonyl (C=O) groups is 1. The molecule has 4 rings (SSSR count). The summed E-state index contributed by atoms with van der Waals surface area (Å²) in [6.45, 7) is 2.45. The molecule has 166 valence electrons. The van der Waals surface area contributed by atoms with Crippen molar-refractivity contribution in [2.24, 2.45) is 0 Å². The summed E-state index contributed by atoms with van der Waals surface area (Å²) in [4.78, 5) is 14.6. The predicted molar refractivity (Wildman–Crippen MR) is 116 cm³/mol. The van der Waals surface area contributed by atoms with E-state index in [1.807, 2.05) is 12.1 Å². The van der Waals surface area contributed by atoms with Crippen LogP contribution in [-0.2, 0) is 19.6 Å². The first kappa shape index (κ1) is 21.8. The molecule has 1 aromatic rings. The lowest BCUT2D eigenvalue weighted by molar-refractivity contribution is -0.133. The van der Waals surface area contributed by atoms with Gasteiger partial charge in [-0.05, 0) is 55.7 Å². The summed E-state index contributed by atoms with van der Waals surface area (Å²) in [5.74, 6) is 0.680. The van der Waals surface area contributed by atoms with Crippen molar-refractivity contribution in [3.8, 4) is 0 Å². The summed E-state index contributed by atoms with van der Waals surface area (Å²) < 4.78 is 33.2. The van der Waals surface area contributed by atoms with E-state index in [9.17, 15) is 13.2 Å². The van der Waals surface area contributed by atoms with Crippen LogP contribution in [0.3, 0.4) is 0 Å². The molecule has 6 nitrogen and oxygen atoms in total. The van der Waals surface area contributed by atoms with Gasteiger partial charge >= 0.3 is 0 Å². The van der Waals surface area contributed by atoms with Gasteiger partial charge in [0.25, 0.3) is 0 Å². The van der Waals surface area contributed by atoms with Gasteiger partial charge in [-0.15, -0.1) is 0 Å². The molecule has 1 atom stereocenters. The van der Waals surface area contributed by atoms with Gasteiger partial charge in [0.1, 0.15) is 0 Å². The number of carbonyl (C=O) groups excluding carboxylic acids is 1. The third-order valence-corrected chi connectivity index (χ3v) is 8.80. The molecule has 30 heavy (non-hydrogen) atoms. The lowest BCUT2D eigenvalue weighted by Crippen LogP contribution is -2.50. The summed E-state index contributed by atoms with van der Waals surface area (Å²) in [6.07, 6.45) is 9.84. The third-order valence-electron chi connectivity index (χ3n) is 6.89. The number of sulfonamides is 1. The molecular weight excluding hydrogens is 400 g/mol. The second-order valence-corrected chi connectivity index (χ2v) is 10.8. The van der Waals surface area contributed by atoms with Gasteiger partial charge in [0.2, 0.25) is 15.9 Å². The number of piperazine rings is 1. The van der Waals surface area contributed by atoms with Gasteiger partial charge in [-0.3, -0.25) is 4.79 Å². The van der Waals surface area contributed by atoms with Crippen LogP contribution in [0.1, 0.15) is 69.3 Å². The van der Waals surface area contributed by atoms with Gasteiger partial charge < -0.3 is 9.64 Å². The fourth-order valence-corrected chi connectivity index (χ4v) is 6.41. The highest BCUT2D eigenvalue weighted by Crippen LogP contribution is 2.33. The Bertz CT molecular complexity index is 804. The first-order chi connectivity index (χ1) is 14.5. The monoisotopic (exact) mass is 434 g/mol. The summed E-state index contributed by atoms with van der Waals surface area (Å²) in [6, 6.07) is 7.51. The highest BCUT2D eigenvalue weighted by molar-refractivity contribution is 7.89. The minimum Gasteiger partial charge on any atom is -0.378 e. The molecule has 0 radical (unpaired) electrons. The number of ether oxygens (including phenoxy) is 1. The first-order valence-corrected chi connectivity index (χ1v) is 13.0. The average Bonchev–Trinajstić information content (AvgIpc) is 3.32. The maximum Gasteiger partial charge on any atom is 0.243 e. The van der Waals surface area contributed by atoms with E-state index in [-0.39, 0.29) is 12.0 Å². The lowest BCUT2D eigenvalue weighted by atomic mass is 9.84. The van der Waals surface area contributed by atoms with Gasteiger partial charge in [0, 0.05) is 39.2 Å². The Morgan fingerprint density at radius 3 is 2.27 bits per heavy atom. The molecule has 0 N–H and O–H groups in total. The molecule has 0 bridgehead atoms. The van der Waals surface area contributed by atoms with Crippen LogP contribution in [0.25, 0.3) is 0 Å². The summed E-state index contributed by atoms with van der Waals surface area (Å²) in [7, 11) is -3.51. The molecule has 1 unspecified atom stereocenters. The molecule has 1 saturated carbocycles. The smallest absolute Gasteiger partial charge is 0.243 e. The number of benzene rings is 1. The van der Waals surface area contributed by atoms with E-state index in [1.165, 1.54) is 42.0 Å². The zero-order valence-electron chi connectivity index (χ0n) is 17.8. The van der Waals surface area contributed by atoms with Crippen molar-refractivity contribution < 1.29 is 17.9 Å². The Morgan fingerprint density at radius 1 is 0.933 bits per heavy atom. The predicted octanol–water partition coefficient (Wildman–Crippen LogP) is 3.53. The van der Waals surface area contributed by atoms with Crippen molar-refractivity contribution in [2.45, 2.75) is 74.7 Å². The lowest BCUT2D eigenvalue weighted by Gasteiger charge is -2.34. The van der Waals surface area contributed by atoms with Gasteiger partial charge in [0.15, 0.2) is 0 Å². The number of nitrogens with zero attached hydrogens (tertiary/aromatic N) is 2. The van der Waals surface area contributed by atoms with Crippen molar-refractivity contribution in [1.82, 2.24) is 9.21 Å². The highest BCUT2D eigenvalue weighted by atomic mass is 32.2. The Labute approximate surface area is 180 Å². The van der Waals surface area contributed by atoms with E-state index in [4.69, 9.17) is 4.74 Å². The van der Waals surface area contributed by atoms with Crippen LogP contribution >= 0.6 is 0 Å². The number of hydrogen-bond acceptors (Lipinski definition) is 4.